The third-order valence-corrected chi connectivity index (χ3v) is 3.58. The van der Waals surface area contributed by atoms with Gasteiger partial charge in [-0.1, -0.05) is 15.9 Å². The lowest BCUT2D eigenvalue weighted by molar-refractivity contribution is 0.449. The molecule has 16 heavy (non-hydrogen) atoms. The summed E-state index contributed by atoms with van der Waals surface area (Å²) in [5.74, 6) is 1.96. The molecule has 0 radical (unpaired) electrons. The fourth-order valence-electron chi connectivity index (χ4n) is 2.33. The monoisotopic (exact) mass is 283 g/mol. The molecule has 0 aliphatic carbocycles. The smallest absolute Gasteiger partial charge is 0.132 e. The van der Waals surface area contributed by atoms with Crippen LogP contribution in [0.4, 0.5) is 5.82 Å². The first-order chi connectivity index (χ1) is 7.81. The third-order valence-electron chi connectivity index (χ3n) is 3.13. The summed E-state index contributed by atoms with van der Waals surface area (Å²) in [6.45, 7) is 3.08. The molecule has 88 valence electrons. The molecule has 0 saturated carbocycles. The second-order valence-corrected chi connectivity index (χ2v) is 5.08. The van der Waals surface area contributed by atoms with Crippen LogP contribution in [0, 0.1) is 6.92 Å². The van der Waals surface area contributed by atoms with Gasteiger partial charge in [-0.3, -0.25) is 0 Å². The van der Waals surface area contributed by atoms with Crippen LogP contribution in [-0.4, -0.2) is 27.9 Å². The second kappa shape index (κ2) is 5.62. The summed E-state index contributed by atoms with van der Waals surface area (Å²) in [5, 5.41) is 1.07. The Hall–Kier alpha value is -0.640. The molecule has 0 N–H and O–H groups in total. The lowest BCUT2D eigenvalue weighted by Gasteiger charge is -2.36. The van der Waals surface area contributed by atoms with Gasteiger partial charge >= 0.3 is 0 Å². The van der Waals surface area contributed by atoms with E-state index in [1.165, 1.54) is 25.7 Å². The molecular formula is C12H18BrN3. The molecule has 1 fully saturated rings. The highest BCUT2D eigenvalue weighted by molar-refractivity contribution is 9.09. The summed E-state index contributed by atoms with van der Waals surface area (Å²) in [4.78, 5) is 11.1. The fourth-order valence-corrected chi connectivity index (χ4v) is 2.86. The highest BCUT2D eigenvalue weighted by Crippen LogP contribution is 2.25. The maximum absolute atomic E-state index is 4.53. The molecule has 1 saturated heterocycles. The van der Waals surface area contributed by atoms with Crippen LogP contribution in [-0.2, 0) is 0 Å². The van der Waals surface area contributed by atoms with Crippen molar-refractivity contribution in [1.82, 2.24) is 9.97 Å². The third kappa shape index (κ3) is 2.73. The zero-order valence-corrected chi connectivity index (χ0v) is 11.3. The minimum absolute atomic E-state index is 0.641. The van der Waals surface area contributed by atoms with E-state index in [2.05, 4.69) is 30.8 Å². The van der Waals surface area contributed by atoms with E-state index >= 15 is 0 Å². The Morgan fingerprint density at radius 2 is 2.38 bits per heavy atom. The first kappa shape index (κ1) is 11.8. The van der Waals surface area contributed by atoms with Gasteiger partial charge in [-0.15, -0.1) is 0 Å². The number of alkyl halides is 1. The minimum atomic E-state index is 0.641. The quantitative estimate of drug-likeness (QED) is 0.799. The number of anilines is 1. The van der Waals surface area contributed by atoms with Crippen LogP contribution >= 0.6 is 15.9 Å². The van der Waals surface area contributed by atoms with Crippen molar-refractivity contribution in [3.8, 4) is 0 Å². The zero-order valence-electron chi connectivity index (χ0n) is 9.69. The van der Waals surface area contributed by atoms with Crippen LogP contribution in [0.25, 0.3) is 0 Å². The van der Waals surface area contributed by atoms with Gasteiger partial charge in [0.2, 0.25) is 0 Å². The van der Waals surface area contributed by atoms with E-state index in [-0.39, 0.29) is 0 Å². The second-order valence-electron chi connectivity index (χ2n) is 4.28. The van der Waals surface area contributed by atoms with Crippen molar-refractivity contribution in [1.29, 1.82) is 0 Å². The molecule has 0 amide bonds. The van der Waals surface area contributed by atoms with Crippen molar-refractivity contribution in [3.05, 3.63) is 18.1 Å². The summed E-state index contributed by atoms with van der Waals surface area (Å²) in [7, 11) is 0. The molecule has 0 aromatic carbocycles. The molecule has 1 atom stereocenters. The highest BCUT2D eigenvalue weighted by atomic mass is 79.9. The molecule has 0 spiro atoms. The van der Waals surface area contributed by atoms with Gasteiger partial charge in [-0.2, -0.15) is 0 Å². The van der Waals surface area contributed by atoms with E-state index in [0.717, 1.165) is 23.5 Å². The Bertz CT molecular complexity index is 341. The topological polar surface area (TPSA) is 29.0 Å². The van der Waals surface area contributed by atoms with Crippen molar-refractivity contribution >= 4 is 21.7 Å². The van der Waals surface area contributed by atoms with E-state index < -0.39 is 0 Å². The van der Waals surface area contributed by atoms with Gasteiger partial charge in [0.25, 0.3) is 0 Å². The van der Waals surface area contributed by atoms with Gasteiger partial charge in [0.05, 0.1) is 0 Å². The van der Waals surface area contributed by atoms with E-state index in [4.69, 9.17) is 0 Å². The maximum Gasteiger partial charge on any atom is 0.132 e. The predicted molar refractivity (Wildman–Crippen MR) is 70.2 cm³/mol. The number of piperidine rings is 1. The van der Waals surface area contributed by atoms with Crippen LogP contribution in [0.15, 0.2) is 12.3 Å². The fraction of sp³-hybridized carbons (Fsp3) is 0.667. The summed E-state index contributed by atoms with van der Waals surface area (Å²) >= 11 is 3.54. The number of aryl methyl sites for hydroxylation is 1. The van der Waals surface area contributed by atoms with Crippen LogP contribution in [0.3, 0.4) is 0 Å². The normalized spacial score (nSPS) is 21.1. The molecule has 1 unspecified atom stereocenters. The maximum atomic E-state index is 4.53. The molecule has 1 aliphatic heterocycles. The molecule has 1 aromatic heterocycles. The van der Waals surface area contributed by atoms with Crippen molar-refractivity contribution < 1.29 is 0 Å². The van der Waals surface area contributed by atoms with Gasteiger partial charge in [0.1, 0.15) is 11.6 Å². The molecule has 1 aromatic rings. The van der Waals surface area contributed by atoms with Crippen LogP contribution in [0.5, 0.6) is 0 Å². The van der Waals surface area contributed by atoms with Gasteiger partial charge in [-0.05, 0) is 38.7 Å². The summed E-state index contributed by atoms with van der Waals surface area (Å²) in [5.41, 5.74) is 0. The molecular weight excluding hydrogens is 266 g/mol. The molecule has 1 aliphatic rings. The summed E-state index contributed by atoms with van der Waals surface area (Å²) in [6.07, 6.45) is 6.97. The van der Waals surface area contributed by atoms with Gasteiger partial charge in [0.15, 0.2) is 0 Å². The Balaban J connectivity index is 2.16. The number of halogens is 1. The first-order valence-electron chi connectivity index (χ1n) is 5.93. The predicted octanol–water partition coefficient (Wildman–Crippen LogP) is 2.93. The average Bonchev–Trinajstić information content (AvgIpc) is 2.30. The van der Waals surface area contributed by atoms with Crippen molar-refractivity contribution in [2.75, 3.05) is 16.8 Å². The Labute approximate surface area is 105 Å². The number of nitrogens with zero attached hydrogens (tertiary/aromatic N) is 3. The van der Waals surface area contributed by atoms with E-state index in [1.54, 1.807) is 0 Å². The lowest BCUT2D eigenvalue weighted by atomic mass is 10.0. The number of aromatic nitrogens is 2. The number of hydrogen-bond acceptors (Lipinski definition) is 3. The molecule has 2 rings (SSSR count). The van der Waals surface area contributed by atoms with Crippen LogP contribution in [0.2, 0.25) is 0 Å². The molecule has 3 nitrogen and oxygen atoms in total. The Morgan fingerprint density at radius 3 is 3.12 bits per heavy atom. The van der Waals surface area contributed by atoms with E-state index in [1.807, 2.05) is 19.2 Å². The van der Waals surface area contributed by atoms with E-state index in [9.17, 15) is 0 Å². The Kier molecular flexibility index (Phi) is 4.16. The van der Waals surface area contributed by atoms with Gasteiger partial charge in [-0.25, -0.2) is 9.97 Å². The average molecular weight is 284 g/mol. The van der Waals surface area contributed by atoms with Crippen molar-refractivity contribution in [2.24, 2.45) is 0 Å². The molecule has 2 heterocycles. The standard InChI is InChI=1S/C12H18BrN3/c1-10-14-8-6-12(15-10)16-9-3-2-4-11(16)5-7-13/h6,8,11H,2-5,7,9H2,1H3. The van der Waals surface area contributed by atoms with Gasteiger partial charge < -0.3 is 4.90 Å². The number of rotatable bonds is 3. The summed E-state index contributed by atoms with van der Waals surface area (Å²) < 4.78 is 0. The molecule has 4 heteroatoms. The SMILES string of the molecule is Cc1nccc(N2CCCCC2CCBr)n1. The number of hydrogen-bond donors (Lipinski definition) is 0. The zero-order chi connectivity index (χ0) is 11.4. The van der Waals surface area contributed by atoms with Gasteiger partial charge in [0, 0.05) is 24.1 Å². The first-order valence-corrected chi connectivity index (χ1v) is 7.05. The Morgan fingerprint density at radius 1 is 1.50 bits per heavy atom. The van der Waals surface area contributed by atoms with Crippen LogP contribution < -0.4 is 4.90 Å². The van der Waals surface area contributed by atoms with Crippen molar-refractivity contribution in [3.63, 3.8) is 0 Å². The molecule has 0 bridgehead atoms. The lowest BCUT2D eigenvalue weighted by Crippen LogP contribution is -2.40. The van der Waals surface area contributed by atoms with Crippen LogP contribution in [0.1, 0.15) is 31.5 Å². The minimum Gasteiger partial charge on any atom is -0.353 e. The highest BCUT2D eigenvalue weighted by Gasteiger charge is 2.22. The van der Waals surface area contributed by atoms with Crippen molar-refractivity contribution in [2.45, 2.75) is 38.6 Å². The largest absolute Gasteiger partial charge is 0.353 e. The summed E-state index contributed by atoms with van der Waals surface area (Å²) in [6, 6.07) is 2.67. The van der Waals surface area contributed by atoms with E-state index in [0.29, 0.717) is 6.04 Å².